The summed E-state index contributed by atoms with van der Waals surface area (Å²) in [7, 11) is 0. The highest BCUT2D eigenvalue weighted by Crippen LogP contribution is 2.39. The van der Waals surface area contributed by atoms with Crippen LogP contribution in [0.1, 0.15) is 0 Å². The minimum absolute atomic E-state index is 1.18. The number of aromatic nitrogens is 2. The quantitative estimate of drug-likeness (QED) is 0.286. The van der Waals surface area contributed by atoms with Crippen LogP contribution >= 0.6 is 0 Å². The van der Waals surface area contributed by atoms with E-state index in [2.05, 4.69) is 94.9 Å². The van der Waals surface area contributed by atoms with Gasteiger partial charge in [-0.1, -0.05) is 72.8 Å². The van der Waals surface area contributed by atoms with Crippen molar-refractivity contribution < 1.29 is 0 Å². The van der Waals surface area contributed by atoms with Crippen LogP contribution in [0.25, 0.3) is 65.2 Å². The van der Waals surface area contributed by atoms with E-state index in [1.165, 1.54) is 65.2 Å². The molecule has 7 rings (SSSR count). The Morgan fingerprint density at radius 2 is 0.857 bits per heavy atom. The topological polar surface area (TPSA) is 31.6 Å². The fraction of sp³-hybridized carbons (Fsp3) is 0. The van der Waals surface area contributed by atoms with Gasteiger partial charge in [0.2, 0.25) is 0 Å². The van der Waals surface area contributed by atoms with Gasteiger partial charge < -0.3 is 9.97 Å². The van der Waals surface area contributed by atoms with E-state index in [4.69, 9.17) is 0 Å². The van der Waals surface area contributed by atoms with Gasteiger partial charge in [-0.2, -0.15) is 0 Å². The highest BCUT2D eigenvalue weighted by molar-refractivity contribution is 6.29. The number of hydrogen-bond acceptors (Lipinski definition) is 0. The summed E-state index contributed by atoms with van der Waals surface area (Å²) >= 11 is 0. The number of benzene rings is 5. The Morgan fingerprint density at radius 3 is 1.36 bits per heavy atom. The molecule has 0 unspecified atom stereocenters. The molecule has 0 fully saturated rings. The maximum absolute atomic E-state index is 3.69. The lowest BCUT2D eigenvalue weighted by atomic mass is 10.0. The summed E-state index contributed by atoms with van der Waals surface area (Å²) in [6.45, 7) is 0. The Bertz CT molecular complexity index is 1580. The molecule has 0 saturated carbocycles. The van der Waals surface area contributed by atoms with Gasteiger partial charge in [0.15, 0.2) is 0 Å². The Balaban J connectivity index is 1.73. The lowest BCUT2D eigenvalue weighted by molar-refractivity contribution is 1.52. The molecule has 7 aromatic rings. The number of aromatic amines is 2. The van der Waals surface area contributed by atoms with Gasteiger partial charge in [0.25, 0.3) is 0 Å². The zero-order valence-corrected chi connectivity index (χ0v) is 15.1. The molecule has 2 N–H and O–H groups in total. The van der Waals surface area contributed by atoms with Gasteiger partial charge in [-0.05, 0) is 33.7 Å². The molecule has 0 aliphatic heterocycles. The first-order valence-corrected chi connectivity index (χ1v) is 9.64. The average Bonchev–Trinajstić information content (AvgIpc) is 3.32. The van der Waals surface area contributed by atoms with Crippen molar-refractivity contribution >= 4 is 65.2 Å². The minimum atomic E-state index is 1.18. The molecule has 0 radical (unpaired) electrons. The smallest absolute Gasteiger partial charge is 0.0710 e. The highest BCUT2D eigenvalue weighted by Gasteiger charge is 2.14. The average molecular weight is 356 g/mol. The van der Waals surface area contributed by atoms with Crippen LogP contribution in [-0.2, 0) is 0 Å². The Labute approximate surface area is 160 Å². The highest BCUT2D eigenvalue weighted by atomic mass is 14.8. The molecule has 2 aromatic heterocycles. The third-order valence-electron chi connectivity index (χ3n) is 6.12. The van der Waals surface area contributed by atoms with E-state index in [0.29, 0.717) is 0 Å². The van der Waals surface area contributed by atoms with Gasteiger partial charge in [0.1, 0.15) is 0 Å². The van der Waals surface area contributed by atoms with Crippen molar-refractivity contribution in [2.75, 3.05) is 0 Å². The Kier molecular flexibility index (Phi) is 2.52. The van der Waals surface area contributed by atoms with Gasteiger partial charge in [-0.3, -0.25) is 0 Å². The summed E-state index contributed by atoms with van der Waals surface area (Å²) in [5, 5.41) is 10.3. The van der Waals surface area contributed by atoms with Crippen LogP contribution < -0.4 is 0 Å². The molecule has 0 saturated heterocycles. The molecule has 2 nitrogen and oxygen atoms in total. The molecule has 130 valence electrons. The fourth-order valence-corrected chi connectivity index (χ4v) is 4.88. The first-order valence-electron chi connectivity index (χ1n) is 9.64. The van der Waals surface area contributed by atoms with Crippen molar-refractivity contribution in [1.29, 1.82) is 0 Å². The van der Waals surface area contributed by atoms with Crippen LogP contribution in [-0.4, -0.2) is 9.97 Å². The van der Waals surface area contributed by atoms with E-state index < -0.39 is 0 Å². The van der Waals surface area contributed by atoms with Crippen molar-refractivity contribution in [3.63, 3.8) is 0 Å². The van der Waals surface area contributed by atoms with E-state index in [1.807, 2.05) is 0 Å². The molecule has 0 spiro atoms. The van der Waals surface area contributed by atoms with Crippen LogP contribution in [0.2, 0.25) is 0 Å². The number of nitrogens with one attached hydrogen (secondary N) is 2. The normalized spacial score (nSPS) is 12.3. The van der Waals surface area contributed by atoms with Crippen LogP contribution in [0.3, 0.4) is 0 Å². The molecule has 0 bridgehead atoms. The molecule has 2 heterocycles. The van der Waals surface area contributed by atoms with Crippen molar-refractivity contribution in [3.8, 4) is 0 Å². The standard InChI is InChI=1S/C26H16N2/c1-3-7-17-15(5-1)9-13-21-23(17)19-11-12-20-24-18-8-4-2-6-16(18)10-14-22(24)28-26(20)25(19)27-21/h1-14,27-28H. The third-order valence-corrected chi connectivity index (χ3v) is 6.12. The van der Waals surface area contributed by atoms with Gasteiger partial charge >= 0.3 is 0 Å². The zero-order valence-electron chi connectivity index (χ0n) is 15.1. The second-order valence-corrected chi connectivity index (χ2v) is 7.58. The molecular weight excluding hydrogens is 340 g/mol. The zero-order chi connectivity index (χ0) is 18.2. The number of rotatable bonds is 0. The molecule has 0 atom stereocenters. The summed E-state index contributed by atoms with van der Waals surface area (Å²) in [4.78, 5) is 7.38. The van der Waals surface area contributed by atoms with E-state index >= 15 is 0 Å². The first kappa shape index (κ1) is 14.3. The molecule has 0 aliphatic carbocycles. The van der Waals surface area contributed by atoms with Gasteiger partial charge in [-0.15, -0.1) is 0 Å². The summed E-state index contributed by atoms with van der Waals surface area (Å²) < 4.78 is 0. The predicted molar refractivity (Wildman–Crippen MR) is 120 cm³/mol. The number of fused-ring (bicyclic) bond motifs is 11. The molecule has 28 heavy (non-hydrogen) atoms. The number of hydrogen-bond donors (Lipinski definition) is 2. The van der Waals surface area contributed by atoms with E-state index in [1.54, 1.807) is 0 Å². The predicted octanol–water partition coefficient (Wildman–Crippen LogP) is 7.26. The van der Waals surface area contributed by atoms with Gasteiger partial charge in [0.05, 0.1) is 11.0 Å². The maximum atomic E-state index is 3.69. The molecule has 0 amide bonds. The second kappa shape index (κ2) is 4.93. The maximum Gasteiger partial charge on any atom is 0.0710 e. The van der Waals surface area contributed by atoms with Gasteiger partial charge in [0, 0.05) is 32.6 Å². The van der Waals surface area contributed by atoms with Crippen molar-refractivity contribution in [2.45, 2.75) is 0 Å². The summed E-state index contributed by atoms with van der Waals surface area (Å²) in [5.74, 6) is 0. The third kappa shape index (κ3) is 1.68. The van der Waals surface area contributed by atoms with Gasteiger partial charge in [-0.25, -0.2) is 0 Å². The monoisotopic (exact) mass is 356 g/mol. The van der Waals surface area contributed by atoms with Crippen molar-refractivity contribution in [3.05, 3.63) is 84.9 Å². The lowest BCUT2D eigenvalue weighted by Crippen LogP contribution is -1.75. The van der Waals surface area contributed by atoms with Crippen molar-refractivity contribution in [2.24, 2.45) is 0 Å². The van der Waals surface area contributed by atoms with Crippen LogP contribution in [0, 0.1) is 0 Å². The molecule has 2 heteroatoms. The Hall–Kier alpha value is -3.78. The van der Waals surface area contributed by atoms with E-state index in [9.17, 15) is 0 Å². The summed E-state index contributed by atoms with van der Waals surface area (Å²) in [6.07, 6.45) is 0. The molecule has 5 aromatic carbocycles. The first-order chi connectivity index (χ1) is 13.9. The van der Waals surface area contributed by atoms with Crippen molar-refractivity contribution in [1.82, 2.24) is 9.97 Å². The lowest BCUT2D eigenvalue weighted by Gasteiger charge is -2.01. The summed E-state index contributed by atoms with van der Waals surface area (Å²) in [6, 6.07) is 30.6. The largest absolute Gasteiger partial charge is 0.353 e. The molecular formula is C26H16N2. The molecule has 0 aliphatic rings. The van der Waals surface area contributed by atoms with E-state index in [-0.39, 0.29) is 0 Å². The van der Waals surface area contributed by atoms with Crippen LogP contribution in [0.4, 0.5) is 0 Å². The fourth-order valence-electron chi connectivity index (χ4n) is 4.88. The second-order valence-electron chi connectivity index (χ2n) is 7.58. The minimum Gasteiger partial charge on any atom is -0.353 e. The van der Waals surface area contributed by atoms with Crippen LogP contribution in [0.15, 0.2) is 84.9 Å². The SMILES string of the molecule is c1ccc2c(c1)ccc1[nH]c3c(ccc4c3[nH]c3ccc5ccccc5c34)c12. The summed E-state index contributed by atoms with van der Waals surface area (Å²) in [5.41, 5.74) is 4.74. The Morgan fingerprint density at radius 1 is 0.393 bits per heavy atom. The van der Waals surface area contributed by atoms with E-state index in [0.717, 1.165) is 0 Å². The van der Waals surface area contributed by atoms with Crippen LogP contribution in [0.5, 0.6) is 0 Å². The number of H-pyrrole nitrogens is 2.